The Balaban J connectivity index is 2.49. The molecule has 2 N–H and O–H groups in total. The first-order valence-corrected chi connectivity index (χ1v) is 5.69. The van der Waals surface area contributed by atoms with E-state index in [2.05, 4.69) is 31.0 Å². The van der Waals surface area contributed by atoms with Crippen molar-refractivity contribution >= 4 is 5.69 Å². The van der Waals surface area contributed by atoms with Crippen LogP contribution in [0.3, 0.4) is 0 Å². The topological polar surface area (TPSA) is 38.5 Å². The van der Waals surface area contributed by atoms with Crippen molar-refractivity contribution in [3.05, 3.63) is 29.8 Å². The summed E-state index contributed by atoms with van der Waals surface area (Å²) < 4.78 is 5.05. The van der Waals surface area contributed by atoms with Gasteiger partial charge in [-0.05, 0) is 38.1 Å². The van der Waals surface area contributed by atoms with Gasteiger partial charge in [0.05, 0.1) is 0 Å². The first-order valence-electron chi connectivity index (χ1n) is 5.69. The lowest BCUT2D eigenvalue weighted by atomic mass is 10.1. The van der Waals surface area contributed by atoms with Crippen LogP contribution in [0.15, 0.2) is 24.3 Å². The molecule has 0 aliphatic carbocycles. The van der Waals surface area contributed by atoms with Crippen LogP contribution in [0, 0.1) is 0 Å². The zero-order valence-electron chi connectivity index (χ0n) is 10.4. The Morgan fingerprint density at radius 1 is 1.31 bits per heavy atom. The summed E-state index contributed by atoms with van der Waals surface area (Å²) in [5.74, 6) is 0. The van der Waals surface area contributed by atoms with Gasteiger partial charge in [-0.1, -0.05) is 12.1 Å². The maximum atomic E-state index is 5.67. The van der Waals surface area contributed by atoms with Gasteiger partial charge in [0.25, 0.3) is 0 Å². The number of rotatable bonds is 6. The molecule has 1 rings (SSSR count). The summed E-state index contributed by atoms with van der Waals surface area (Å²) >= 11 is 0. The number of anilines is 1. The van der Waals surface area contributed by atoms with E-state index < -0.39 is 0 Å². The predicted octanol–water partition coefficient (Wildman–Crippen LogP) is 2.30. The van der Waals surface area contributed by atoms with E-state index in [4.69, 9.17) is 10.5 Å². The Kier molecular flexibility index (Phi) is 5.29. The van der Waals surface area contributed by atoms with Gasteiger partial charge in [0.2, 0.25) is 0 Å². The molecular formula is C13H22N2O. The van der Waals surface area contributed by atoms with E-state index in [0.717, 1.165) is 25.3 Å². The fraction of sp³-hybridized carbons (Fsp3) is 0.538. The number of ether oxygens (including phenoxy) is 1. The molecule has 1 unspecified atom stereocenters. The van der Waals surface area contributed by atoms with Crippen molar-refractivity contribution in [3.8, 4) is 0 Å². The van der Waals surface area contributed by atoms with Crippen molar-refractivity contribution in [2.75, 3.05) is 33.0 Å². The smallest absolute Gasteiger partial charge is 0.0474 e. The molecule has 0 radical (unpaired) electrons. The molecule has 0 aromatic heterocycles. The maximum absolute atomic E-state index is 5.67. The second kappa shape index (κ2) is 6.51. The predicted molar refractivity (Wildman–Crippen MR) is 68.4 cm³/mol. The molecule has 0 aliphatic rings. The van der Waals surface area contributed by atoms with Gasteiger partial charge in [-0.3, -0.25) is 4.90 Å². The van der Waals surface area contributed by atoms with Crippen molar-refractivity contribution in [1.82, 2.24) is 4.90 Å². The molecule has 0 aliphatic heterocycles. The molecule has 0 saturated carbocycles. The fourth-order valence-electron chi connectivity index (χ4n) is 1.68. The molecule has 1 atom stereocenters. The number of methoxy groups -OCH3 is 1. The molecule has 16 heavy (non-hydrogen) atoms. The highest BCUT2D eigenvalue weighted by atomic mass is 16.5. The van der Waals surface area contributed by atoms with Crippen LogP contribution < -0.4 is 5.73 Å². The number of hydrogen-bond donors (Lipinski definition) is 1. The molecular weight excluding hydrogens is 200 g/mol. The van der Waals surface area contributed by atoms with E-state index in [1.54, 1.807) is 7.11 Å². The van der Waals surface area contributed by atoms with Gasteiger partial charge in [0.15, 0.2) is 0 Å². The third kappa shape index (κ3) is 3.83. The van der Waals surface area contributed by atoms with Gasteiger partial charge >= 0.3 is 0 Å². The summed E-state index contributed by atoms with van der Waals surface area (Å²) in [6.07, 6.45) is 1.06. The van der Waals surface area contributed by atoms with Crippen LogP contribution in [0.5, 0.6) is 0 Å². The lowest BCUT2D eigenvalue weighted by Crippen LogP contribution is -2.24. The normalized spacial score (nSPS) is 13.0. The highest BCUT2D eigenvalue weighted by Gasteiger charge is 2.10. The lowest BCUT2D eigenvalue weighted by Gasteiger charge is -2.25. The third-order valence-electron chi connectivity index (χ3n) is 2.94. The van der Waals surface area contributed by atoms with Crippen LogP contribution in [0.2, 0.25) is 0 Å². The van der Waals surface area contributed by atoms with Crippen molar-refractivity contribution in [1.29, 1.82) is 0 Å². The minimum atomic E-state index is 0.414. The van der Waals surface area contributed by atoms with Gasteiger partial charge < -0.3 is 10.5 Å². The van der Waals surface area contributed by atoms with Crippen molar-refractivity contribution < 1.29 is 4.74 Å². The monoisotopic (exact) mass is 222 g/mol. The van der Waals surface area contributed by atoms with Gasteiger partial charge in [0.1, 0.15) is 0 Å². The molecule has 0 fully saturated rings. The summed E-state index contributed by atoms with van der Waals surface area (Å²) in [5.41, 5.74) is 7.79. The Morgan fingerprint density at radius 2 is 1.94 bits per heavy atom. The maximum Gasteiger partial charge on any atom is 0.0474 e. The van der Waals surface area contributed by atoms with Crippen LogP contribution in [0.4, 0.5) is 5.69 Å². The average molecular weight is 222 g/mol. The third-order valence-corrected chi connectivity index (χ3v) is 2.94. The number of benzene rings is 1. The molecule has 0 spiro atoms. The molecule has 1 aromatic rings. The lowest BCUT2D eigenvalue weighted by molar-refractivity contribution is 0.168. The standard InChI is InChI=1S/C13H22N2O/c1-11(15(2)9-4-10-16-3)12-5-7-13(14)8-6-12/h5-8,11H,4,9-10,14H2,1-3H3. The largest absolute Gasteiger partial charge is 0.399 e. The summed E-state index contributed by atoms with van der Waals surface area (Å²) in [7, 11) is 3.88. The van der Waals surface area contributed by atoms with Gasteiger partial charge in [-0.25, -0.2) is 0 Å². The Bertz CT molecular complexity index is 297. The number of nitrogens with zero attached hydrogens (tertiary/aromatic N) is 1. The van der Waals surface area contributed by atoms with E-state index in [1.165, 1.54) is 5.56 Å². The second-order valence-electron chi connectivity index (χ2n) is 4.17. The Morgan fingerprint density at radius 3 is 2.50 bits per heavy atom. The zero-order chi connectivity index (χ0) is 12.0. The van der Waals surface area contributed by atoms with E-state index >= 15 is 0 Å². The van der Waals surface area contributed by atoms with Crippen LogP contribution in [-0.4, -0.2) is 32.2 Å². The number of nitrogens with two attached hydrogens (primary N) is 1. The fourth-order valence-corrected chi connectivity index (χ4v) is 1.68. The molecule has 1 aromatic carbocycles. The Hall–Kier alpha value is -1.06. The Labute approximate surface area is 98.2 Å². The summed E-state index contributed by atoms with van der Waals surface area (Å²) in [6.45, 7) is 4.07. The highest BCUT2D eigenvalue weighted by molar-refractivity contribution is 5.39. The van der Waals surface area contributed by atoms with Gasteiger partial charge in [-0.2, -0.15) is 0 Å². The van der Waals surface area contributed by atoms with Crippen LogP contribution in [0.1, 0.15) is 24.9 Å². The first kappa shape index (κ1) is 13.0. The minimum Gasteiger partial charge on any atom is -0.399 e. The second-order valence-corrected chi connectivity index (χ2v) is 4.17. The number of hydrogen-bond acceptors (Lipinski definition) is 3. The molecule has 90 valence electrons. The molecule has 0 bridgehead atoms. The van der Waals surface area contributed by atoms with E-state index in [9.17, 15) is 0 Å². The van der Waals surface area contributed by atoms with Crippen molar-refractivity contribution in [2.24, 2.45) is 0 Å². The van der Waals surface area contributed by atoms with Gasteiger partial charge in [0, 0.05) is 32.0 Å². The first-order chi connectivity index (χ1) is 7.65. The van der Waals surface area contributed by atoms with E-state index in [0.29, 0.717) is 6.04 Å². The molecule has 0 amide bonds. The van der Waals surface area contributed by atoms with E-state index in [-0.39, 0.29) is 0 Å². The van der Waals surface area contributed by atoms with Crippen molar-refractivity contribution in [2.45, 2.75) is 19.4 Å². The summed E-state index contributed by atoms with van der Waals surface area (Å²) in [6, 6.07) is 8.50. The molecule has 0 saturated heterocycles. The minimum absolute atomic E-state index is 0.414. The molecule has 0 heterocycles. The molecule has 3 heteroatoms. The van der Waals surface area contributed by atoms with Crippen molar-refractivity contribution in [3.63, 3.8) is 0 Å². The highest BCUT2D eigenvalue weighted by Crippen LogP contribution is 2.19. The summed E-state index contributed by atoms with van der Waals surface area (Å²) in [4.78, 5) is 2.32. The average Bonchev–Trinajstić information content (AvgIpc) is 2.29. The number of nitrogen functional groups attached to an aromatic ring is 1. The SMILES string of the molecule is COCCCN(C)C(C)c1ccc(N)cc1. The van der Waals surface area contributed by atoms with E-state index in [1.807, 2.05) is 12.1 Å². The van der Waals surface area contributed by atoms with Crippen LogP contribution >= 0.6 is 0 Å². The quantitative estimate of drug-likeness (QED) is 0.593. The van der Waals surface area contributed by atoms with Crippen LogP contribution in [-0.2, 0) is 4.74 Å². The van der Waals surface area contributed by atoms with Crippen LogP contribution in [0.25, 0.3) is 0 Å². The zero-order valence-corrected chi connectivity index (χ0v) is 10.4. The summed E-state index contributed by atoms with van der Waals surface area (Å²) in [5, 5.41) is 0. The van der Waals surface area contributed by atoms with Gasteiger partial charge in [-0.15, -0.1) is 0 Å². The molecule has 3 nitrogen and oxygen atoms in total.